The van der Waals surface area contributed by atoms with E-state index in [1.165, 1.54) is 0 Å². The van der Waals surface area contributed by atoms with Gasteiger partial charge in [-0.1, -0.05) is 29.8 Å². The van der Waals surface area contributed by atoms with Gasteiger partial charge in [-0.15, -0.1) is 0 Å². The van der Waals surface area contributed by atoms with Crippen LogP contribution < -0.4 is 4.72 Å². The molecular weight excluding hydrogens is 320 g/mol. The first-order chi connectivity index (χ1) is 10.4. The highest BCUT2D eigenvalue weighted by Crippen LogP contribution is 2.20. The summed E-state index contributed by atoms with van der Waals surface area (Å²) in [5.41, 5.74) is 0.645. The fraction of sp³-hybridized carbons (Fsp3) is 0.625. The maximum Gasteiger partial charge on any atom is 0.215 e. The maximum atomic E-state index is 12.2. The third-order valence-corrected chi connectivity index (χ3v) is 5.94. The first kappa shape index (κ1) is 17.7. The van der Waals surface area contributed by atoms with Crippen molar-refractivity contribution < 1.29 is 8.42 Å². The summed E-state index contributed by atoms with van der Waals surface area (Å²) in [6.45, 7) is 7.03. The van der Waals surface area contributed by atoms with Gasteiger partial charge in [0.25, 0.3) is 0 Å². The third kappa shape index (κ3) is 5.23. The molecule has 1 saturated heterocycles. The summed E-state index contributed by atoms with van der Waals surface area (Å²) in [6.07, 6.45) is 2.10. The van der Waals surface area contributed by atoms with Crippen molar-refractivity contribution in [1.29, 1.82) is 0 Å². The number of sulfonamides is 1. The van der Waals surface area contributed by atoms with Crippen molar-refractivity contribution in [2.45, 2.75) is 38.5 Å². The third-order valence-electron chi connectivity index (χ3n) is 4.27. The van der Waals surface area contributed by atoms with Gasteiger partial charge < -0.3 is 4.90 Å². The van der Waals surface area contributed by atoms with Gasteiger partial charge in [0.05, 0.1) is 5.75 Å². The number of benzene rings is 1. The van der Waals surface area contributed by atoms with E-state index in [4.69, 9.17) is 11.6 Å². The zero-order valence-electron chi connectivity index (χ0n) is 13.3. The molecule has 0 spiro atoms. The maximum absolute atomic E-state index is 12.2. The number of piperidine rings is 1. The van der Waals surface area contributed by atoms with E-state index < -0.39 is 10.0 Å². The zero-order valence-corrected chi connectivity index (χ0v) is 14.8. The second-order valence-electron chi connectivity index (χ2n) is 6.27. The molecule has 1 N–H and O–H groups in total. The van der Waals surface area contributed by atoms with E-state index in [0.29, 0.717) is 29.1 Å². The molecule has 0 atom stereocenters. The van der Waals surface area contributed by atoms with Crippen molar-refractivity contribution in [3.05, 3.63) is 34.9 Å². The van der Waals surface area contributed by atoms with Crippen LogP contribution in [0.4, 0.5) is 0 Å². The van der Waals surface area contributed by atoms with Crippen LogP contribution in [-0.2, 0) is 15.8 Å². The van der Waals surface area contributed by atoms with Crippen molar-refractivity contribution in [2.75, 3.05) is 19.6 Å². The lowest BCUT2D eigenvalue weighted by Crippen LogP contribution is -2.41. The second kappa shape index (κ2) is 7.77. The van der Waals surface area contributed by atoms with Crippen LogP contribution >= 0.6 is 11.6 Å². The number of likely N-dealkylation sites (tertiary alicyclic amines) is 1. The Hall–Kier alpha value is -0.620. The first-order valence-electron chi connectivity index (χ1n) is 7.82. The smallest absolute Gasteiger partial charge is 0.215 e. The Balaban J connectivity index is 1.82. The van der Waals surface area contributed by atoms with E-state index in [0.717, 1.165) is 25.9 Å². The topological polar surface area (TPSA) is 49.4 Å². The number of halogens is 1. The van der Waals surface area contributed by atoms with Gasteiger partial charge in [-0.3, -0.25) is 0 Å². The molecule has 0 saturated carbocycles. The molecule has 4 nitrogen and oxygen atoms in total. The van der Waals surface area contributed by atoms with Crippen LogP contribution in [0.2, 0.25) is 5.02 Å². The van der Waals surface area contributed by atoms with Crippen LogP contribution in [0.25, 0.3) is 0 Å². The van der Waals surface area contributed by atoms with Gasteiger partial charge in [0.15, 0.2) is 0 Å². The monoisotopic (exact) mass is 344 g/mol. The lowest BCUT2D eigenvalue weighted by Gasteiger charge is -2.34. The molecule has 0 amide bonds. The van der Waals surface area contributed by atoms with Gasteiger partial charge in [-0.2, -0.15) is 0 Å². The van der Waals surface area contributed by atoms with E-state index in [9.17, 15) is 8.42 Å². The number of nitrogens with one attached hydrogen (secondary N) is 1. The van der Waals surface area contributed by atoms with Crippen molar-refractivity contribution in [3.63, 3.8) is 0 Å². The average molecular weight is 345 g/mol. The van der Waals surface area contributed by atoms with E-state index in [1.807, 2.05) is 0 Å². The molecule has 1 aliphatic rings. The van der Waals surface area contributed by atoms with Gasteiger partial charge in [0.1, 0.15) is 0 Å². The molecule has 1 aromatic rings. The van der Waals surface area contributed by atoms with E-state index >= 15 is 0 Å². The predicted molar refractivity (Wildman–Crippen MR) is 91.5 cm³/mol. The fourth-order valence-electron chi connectivity index (χ4n) is 2.79. The Morgan fingerprint density at radius 1 is 1.27 bits per heavy atom. The van der Waals surface area contributed by atoms with Gasteiger partial charge in [-0.05, 0) is 57.3 Å². The number of nitrogens with zero attached hydrogens (tertiary/aromatic N) is 1. The van der Waals surface area contributed by atoms with Crippen molar-refractivity contribution in [3.8, 4) is 0 Å². The largest absolute Gasteiger partial charge is 0.301 e. The minimum Gasteiger partial charge on any atom is -0.301 e. The summed E-state index contributed by atoms with van der Waals surface area (Å²) >= 11 is 6.03. The number of rotatable bonds is 6. The number of hydrogen-bond acceptors (Lipinski definition) is 3. The normalized spacial score (nSPS) is 18.0. The van der Waals surface area contributed by atoms with Crippen LogP contribution in [0.3, 0.4) is 0 Å². The molecule has 6 heteroatoms. The van der Waals surface area contributed by atoms with Crippen LogP contribution in [-0.4, -0.2) is 39.0 Å². The van der Waals surface area contributed by atoms with Crippen LogP contribution in [0.5, 0.6) is 0 Å². The summed E-state index contributed by atoms with van der Waals surface area (Å²) in [5, 5.41) is 0.498. The Morgan fingerprint density at radius 2 is 1.91 bits per heavy atom. The Morgan fingerprint density at radius 3 is 2.50 bits per heavy atom. The Bertz CT molecular complexity index is 582. The fourth-order valence-corrected chi connectivity index (χ4v) is 4.32. The van der Waals surface area contributed by atoms with Crippen LogP contribution in [0, 0.1) is 5.92 Å². The average Bonchev–Trinajstić information content (AvgIpc) is 2.48. The molecule has 2 rings (SSSR count). The van der Waals surface area contributed by atoms with Crippen LogP contribution in [0.1, 0.15) is 32.3 Å². The Labute approximate surface area is 138 Å². The summed E-state index contributed by atoms with van der Waals surface area (Å²) < 4.78 is 27.1. The molecule has 1 aromatic carbocycles. The quantitative estimate of drug-likeness (QED) is 0.863. The molecule has 0 radical (unpaired) electrons. The molecule has 0 aromatic heterocycles. The highest BCUT2D eigenvalue weighted by Gasteiger charge is 2.22. The molecule has 0 unspecified atom stereocenters. The molecule has 22 heavy (non-hydrogen) atoms. The molecule has 0 aliphatic carbocycles. The first-order valence-corrected chi connectivity index (χ1v) is 9.85. The molecule has 1 aliphatic heterocycles. The lowest BCUT2D eigenvalue weighted by molar-refractivity contribution is 0.150. The Kier molecular flexibility index (Phi) is 6.26. The van der Waals surface area contributed by atoms with Crippen molar-refractivity contribution in [2.24, 2.45) is 5.92 Å². The molecule has 1 heterocycles. The van der Waals surface area contributed by atoms with Gasteiger partial charge in [0, 0.05) is 17.6 Å². The summed E-state index contributed by atoms with van der Waals surface area (Å²) in [6, 6.07) is 7.64. The summed E-state index contributed by atoms with van der Waals surface area (Å²) in [7, 11) is -3.33. The van der Waals surface area contributed by atoms with Gasteiger partial charge in [-0.25, -0.2) is 13.1 Å². The lowest BCUT2D eigenvalue weighted by atomic mass is 9.96. The highest BCUT2D eigenvalue weighted by atomic mass is 35.5. The van der Waals surface area contributed by atoms with E-state index in [1.54, 1.807) is 24.3 Å². The molecule has 124 valence electrons. The SMILES string of the molecule is CC(C)N1CCC(CNS(=O)(=O)Cc2ccccc2Cl)CC1. The number of hydrogen-bond donors (Lipinski definition) is 1. The molecule has 0 bridgehead atoms. The predicted octanol–water partition coefficient (Wildman–Crippen LogP) is 2.88. The summed E-state index contributed by atoms with van der Waals surface area (Å²) in [5.74, 6) is 0.369. The minimum atomic E-state index is -3.33. The van der Waals surface area contributed by atoms with Gasteiger partial charge >= 0.3 is 0 Å². The zero-order chi connectivity index (χ0) is 16.2. The van der Waals surface area contributed by atoms with Crippen molar-refractivity contribution in [1.82, 2.24) is 9.62 Å². The van der Waals surface area contributed by atoms with Crippen LogP contribution in [0.15, 0.2) is 24.3 Å². The molecular formula is C16H25ClN2O2S. The van der Waals surface area contributed by atoms with E-state index in [-0.39, 0.29) is 5.75 Å². The van der Waals surface area contributed by atoms with Crippen molar-refractivity contribution >= 4 is 21.6 Å². The molecule has 1 fully saturated rings. The standard InChI is InChI=1S/C16H25ClN2O2S/c1-13(2)19-9-7-14(8-10-19)11-18-22(20,21)12-15-5-3-4-6-16(15)17/h3-6,13-14,18H,7-12H2,1-2H3. The summed E-state index contributed by atoms with van der Waals surface area (Å²) in [4.78, 5) is 2.44. The van der Waals surface area contributed by atoms with E-state index in [2.05, 4.69) is 23.5 Å². The minimum absolute atomic E-state index is 0.0580. The highest BCUT2D eigenvalue weighted by molar-refractivity contribution is 7.88. The second-order valence-corrected chi connectivity index (χ2v) is 8.49. The van der Waals surface area contributed by atoms with Gasteiger partial charge in [0.2, 0.25) is 10.0 Å².